The standard InChI is InChI=1S/C37H43N3O5S/c1-27(2)24-38-37(42)35(23-30-12-7-6-8-13-30)39(25-31-14-10-9-11-29(31)4)36(41)26-40(32-17-19-33(45-5)20-18-32)46(43,44)34-21-15-28(3)16-22-34/h6-22,27,35H,23-26H2,1-5H3,(H,38,42)/t35-/m0/s1. The Bertz CT molecular complexity index is 1710. The molecule has 0 radical (unpaired) electrons. The van der Waals surface area contributed by atoms with Crippen molar-refractivity contribution in [3.05, 3.63) is 125 Å². The fourth-order valence-electron chi connectivity index (χ4n) is 5.06. The van der Waals surface area contributed by atoms with Crippen LogP contribution in [-0.4, -0.2) is 51.4 Å². The lowest BCUT2D eigenvalue weighted by Gasteiger charge is -2.34. The van der Waals surface area contributed by atoms with Gasteiger partial charge in [0.15, 0.2) is 0 Å². The van der Waals surface area contributed by atoms with Crippen molar-refractivity contribution in [1.29, 1.82) is 0 Å². The van der Waals surface area contributed by atoms with Crippen LogP contribution < -0.4 is 14.4 Å². The number of hydrogen-bond acceptors (Lipinski definition) is 5. The van der Waals surface area contributed by atoms with Crippen molar-refractivity contribution in [3.63, 3.8) is 0 Å². The number of hydrogen-bond donors (Lipinski definition) is 1. The first-order valence-corrected chi connectivity index (χ1v) is 16.8. The number of carbonyl (C=O) groups excluding carboxylic acids is 2. The molecule has 0 fully saturated rings. The molecule has 9 heteroatoms. The Morgan fingerprint density at radius 3 is 2.07 bits per heavy atom. The monoisotopic (exact) mass is 641 g/mol. The van der Waals surface area contributed by atoms with Crippen LogP contribution in [0.5, 0.6) is 5.75 Å². The highest BCUT2D eigenvalue weighted by Gasteiger charge is 2.35. The van der Waals surface area contributed by atoms with Gasteiger partial charge in [0.25, 0.3) is 10.0 Å². The number of amides is 2. The lowest BCUT2D eigenvalue weighted by molar-refractivity contribution is -0.140. The maximum Gasteiger partial charge on any atom is 0.264 e. The lowest BCUT2D eigenvalue weighted by atomic mass is 10.0. The summed E-state index contributed by atoms with van der Waals surface area (Å²) >= 11 is 0. The quantitative estimate of drug-likeness (QED) is 0.185. The molecule has 0 heterocycles. The van der Waals surface area contributed by atoms with Gasteiger partial charge in [-0.15, -0.1) is 0 Å². The van der Waals surface area contributed by atoms with Crippen LogP contribution in [0.4, 0.5) is 5.69 Å². The summed E-state index contributed by atoms with van der Waals surface area (Å²) in [5.74, 6) is -0.0481. The van der Waals surface area contributed by atoms with Crippen LogP contribution in [0.1, 0.15) is 36.1 Å². The van der Waals surface area contributed by atoms with Gasteiger partial charge in [-0.05, 0) is 72.9 Å². The molecule has 0 aliphatic carbocycles. The molecule has 1 N–H and O–H groups in total. The van der Waals surface area contributed by atoms with Gasteiger partial charge in [0.05, 0.1) is 17.7 Å². The van der Waals surface area contributed by atoms with Gasteiger partial charge >= 0.3 is 0 Å². The van der Waals surface area contributed by atoms with E-state index in [2.05, 4.69) is 5.32 Å². The number of carbonyl (C=O) groups is 2. The summed E-state index contributed by atoms with van der Waals surface area (Å²) in [5, 5.41) is 3.02. The highest BCUT2D eigenvalue weighted by molar-refractivity contribution is 7.92. The Morgan fingerprint density at radius 1 is 0.826 bits per heavy atom. The zero-order chi connectivity index (χ0) is 33.3. The van der Waals surface area contributed by atoms with Gasteiger partial charge in [-0.25, -0.2) is 8.42 Å². The van der Waals surface area contributed by atoms with E-state index in [1.807, 2.05) is 82.3 Å². The van der Waals surface area contributed by atoms with Crippen molar-refractivity contribution in [3.8, 4) is 5.75 Å². The van der Waals surface area contributed by atoms with E-state index in [0.717, 1.165) is 26.6 Å². The zero-order valence-electron chi connectivity index (χ0n) is 27.1. The molecule has 8 nitrogen and oxygen atoms in total. The van der Waals surface area contributed by atoms with Crippen molar-refractivity contribution in [2.75, 3.05) is 24.5 Å². The van der Waals surface area contributed by atoms with Crippen LogP contribution in [0.2, 0.25) is 0 Å². The lowest BCUT2D eigenvalue weighted by Crippen LogP contribution is -2.53. The number of nitrogens with zero attached hydrogens (tertiary/aromatic N) is 2. The molecule has 0 aliphatic heterocycles. The summed E-state index contributed by atoms with van der Waals surface area (Å²) in [6.07, 6.45) is 0.260. The van der Waals surface area contributed by atoms with E-state index >= 15 is 0 Å². The Kier molecular flexibility index (Phi) is 11.6. The van der Waals surface area contributed by atoms with Gasteiger partial charge in [-0.3, -0.25) is 13.9 Å². The third kappa shape index (κ3) is 8.75. The fraction of sp³-hybridized carbons (Fsp3) is 0.297. The largest absolute Gasteiger partial charge is 0.497 e. The molecule has 0 saturated heterocycles. The number of sulfonamides is 1. The minimum absolute atomic E-state index is 0.0580. The Morgan fingerprint density at radius 2 is 1.46 bits per heavy atom. The molecular formula is C37H43N3O5S. The average Bonchev–Trinajstić information content (AvgIpc) is 3.05. The molecule has 4 aromatic carbocycles. The molecule has 4 rings (SSSR count). The van der Waals surface area contributed by atoms with Gasteiger partial charge < -0.3 is 15.0 Å². The van der Waals surface area contributed by atoms with Crippen LogP contribution in [0.25, 0.3) is 0 Å². The third-order valence-electron chi connectivity index (χ3n) is 7.81. The summed E-state index contributed by atoms with van der Waals surface area (Å²) in [6, 6.07) is 29.4. The van der Waals surface area contributed by atoms with Gasteiger partial charge in [-0.2, -0.15) is 0 Å². The normalized spacial score (nSPS) is 12.0. The molecule has 4 aromatic rings. The molecule has 0 unspecified atom stereocenters. The smallest absolute Gasteiger partial charge is 0.264 e. The number of rotatable bonds is 14. The van der Waals surface area contributed by atoms with E-state index in [1.54, 1.807) is 36.4 Å². The number of benzene rings is 4. The second-order valence-electron chi connectivity index (χ2n) is 11.8. The van der Waals surface area contributed by atoms with E-state index in [1.165, 1.54) is 24.1 Å². The number of methoxy groups -OCH3 is 1. The van der Waals surface area contributed by atoms with E-state index in [0.29, 0.717) is 18.0 Å². The highest BCUT2D eigenvalue weighted by Crippen LogP contribution is 2.27. The van der Waals surface area contributed by atoms with Crippen LogP contribution in [0.3, 0.4) is 0 Å². The van der Waals surface area contributed by atoms with E-state index in [4.69, 9.17) is 4.74 Å². The number of anilines is 1. The Hall–Kier alpha value is -4.63. The molecule has 0 saturated carbocycles. The second-order valence-corrected chi connectivity index (χ2v) is 13.7. The van der Waals surface area contributed by atoms with Crippen molar-refractivity contribution in [1.82, 2.24) is 10.2 Å². The van der Waals surface area contributed by atoms with E-state index < -0.39 is 28.5 Å². The molecule has 0 aromatic heterocycles. The maximum absolute atomic E-state index is 14.6. The third-order valence-corrected chi connectivity index (χ3v) is 9.59. The van der Waals surface area contributed by atoms with Gasteiger partial charge in [0.1, 0.15) is 18.3 Å². The van der Waals surface area contributed by atoms with Crippen LogP contribution in [0.15, 0.2) is 108 Å². The van der Waals surface area contributed by atoms with Crippen molar-refractivity contribution < 1.29 is 22.7 Å². The Labute approximate surface area is 273 Å². The van der Waals surface area contributed by atoms with Gasteiger partial charge in [0, 0.05) is 19.5 Å². The predicted octanol–water partition coefficient (Wildman–Crippen LogP) is 5.92. The van der Waals surface area contributed by atoms with Gasteiger partial charge in [0.2, 0.25) is 11.8 Å². The topological polar surface area (TPSA) is 96.0 Å². The van der Waals surface area contributed by atoms with E-state index in [9.17, 15) is 18.0 Å². The highest BCUT2D eigenvalue weighted by atomic mass is 32.2. The molecule has 242 valence electrons. The molecule has 2 amide bonds. The summed E-state index contributed by atoms with van der Waals surface area (Å²) in [5.41, 5.74) is 3.92. The van der Waals surface area contributed by atoms with E-state index in [-0.39, 0.29) is 29.7 Å². The first-order valence-electron chi connectivity index (χ1n) is 15.4. The van der Waals surface area contributed by atoms with Crippen molar-refractivity contribution in [2.45, 2.75) is 51.6 Å². The minimum Gasteiger partial charge on any atom is -0.497 e. The SMILES string of the molecule is COc1ccc(N(CC(=O)N(Cc2ccccc2C)[C@@H](Cc2ccccc2)C(=O)NCC(C)C)S(=O)(=O)c2ccc(C)cc2)cc1. The number of nitrogens with one attached hydrogen (secondary N) is 1. The van der Waals surface area contributed by atoms with Gasteiger partial charge in [-0.1, -0.05) is 86.1 Å². The predicted molar refractivity (Wildman–Crippen MR) is 182 cm³/mol. The summed E-state index contributed by atoms with van der Waals surface area (Å²) in [4.78, 5) is 30.1. The van der Waals surface area contributed by atoms with Crippen LogP contribution >= 0.6 is 0 Å². The first kappa shape index (κ1) is 34.2. The summed E-state index contributed by atoms with van der Waals surface area (Å²) < 4.78 is 34.8. The van der Waals surface area contributed by atoms with Crippen molar-refractivity contribution in [2.24, 2.45) is 5.92 Å². The fourth-order valence-corrected chi connectivity index (χ4v) is 6.48. The number of aryl methyl sites for hydroxylation is 2. The van der Waals surface area contributed by atoms with Crippen LogP contribution in [0, 0.1) is 19.8 Å². The maximum atomic E-state index is 14.6. The zero-order valence-corrected chi connectivity index (χ0v) is 28.0. The second kappa shape index (κ2) is 15.6. The molecule has 1 atom stereocenters. The minimum atomic E-state index is -4.18. The molecule has 0 aliphatic rings. The van der Waals surface area contributed by atoms with Crippen molar-refractivity contribution >= 4 is 27.5 Å². The number of ether oxygens (including phenoxy) is 1. The first-order chi connectivity index (χ1) is 22.0. The Balaban J connectivity index is 1.81. The average molecular weight is 642 g/mol. The molecule has 0 spiro atoms. The molecular weight excluding hydrogens is 598 g/mol. The molecule has 0 bridgehead atoms. The summed E-state index contributed by atoms with van der Waals surface area (Å²) in [7, 11) is -2.65. The van der Waals surface area contributed by atoms with Crippen LogP contribution in [-0.2, 0) is 32.6 Å². The summed E-state index contributed by atoms with van der Waals surface area (Å²) in [6.45, 7) is 7.89. The molecule has 46 heavy (non-hydrogen) atoms.